The number of hydrogen-bond acceptors (Lipinski definition) is 5. The predicted molar refractivity (Wildman–Crippen MR) is 119 cm³/mol. The lowest BCUT2D eigenvalue weighted by molar-refractivity contribution is -0.118. The van der Waals surface area contributed by atoms with Gasteiger partial charge in [0, 0.05) is 18.1 Å². The molecule has 0 aromatic heterocycles. The van der Waals surface area contributed by atoms with E-state index in [-0.39, 0.29) is 16.6 Å². The molecule has 1 heterocycles. The number of para-hydroxylation sites is 1. The Hall–Kier alpha value is -2.03. The highest BCUT2D eigenvalue weighted by Crippen LogP contribution is 2.34. The van der Waals surface area contributed by atoms with E-state index in [1.54, 1.807) is 24.3 Å². The largest absolute Gasteiger partial charge is 0.355 e. The van der Waals surface area contributed by atoms with E-state index in [1.165, 1.54) is 0 Å². The summed E-state index contributed by atoms with van der Waals surface area (Å²) in [5.74, 6) is -0.0727. The van der Waals surface area contributed by atoms with Gasteiger partial charge in [-0.05, 0) is 42.7 Å². The highest BCUT2D eigenvalue weighted by Gasteiger charge is 2.30. The lowest BCUT2D eigenvalue weighted by atomic mass is 10.1. The Morgan fingerprint density at radius 1 is 1.17 bits per heavy atom. The van der Waals surface area contributed by atoms with Gasteiger partial charge in [0.2, 0.25) is 5.91 Å². The number of rotatable bonds is 7. The molecule has 3 rings (SSSR count). The van der Waals surface area contributed by atoms with Gasteiger partial charge < -0.3 is 10.2 Å². The number of thioether (sulfide) groups is 1. The Balaban J connectivity index is 1.60. The van der Waals surface area contributed by atoms with Gasteiger partial charge in [-0.25, -0.2) is 0 Å². The maximum Gasteiger partial charge on any atom is 0.286 e. The smallest absolute Gasteiger partial charge is 0.286 e. The molecule has 2 aromatic rings. The van der Waals surface area contributed by atoms with E-state index >= 15 is 0 Å². The van der Waals surface area contributed by atoms with Gasteiger partial charge in [-0.3, -0.25) is 4.79 Å². The van der Waals surface area contributed by atoms with Gasteiger partial charge in [0.15, 0.2) is 5.17 Å². The summed E-state index contributed by atoms with van der Waals surface area (Å²) >= 11 is 7.00. The lowest BCUT2D eigenvalue weighted by Gasteiger charge is -2.29. The van der Waals surface area contributed by atoms with Crippen LogP contribution in [-0.2, 0) is 21.2 Å². The normalized spacial score (nSPS) is 14.8. The van der Waals surface area contributed by atoms with Gasteiger partial charge in [-0.1, -0.05) is 54.6 Å². The van der Waals surface area contributed by atoms with Gasteiger partial charge in [-0.15, -0.1) is 4.40 Å². The number of amides is 1. The number of carbonyl (C=O) groups excluding carboxylic acids is 1. The van der Waals surface area contributed by atoms with Crippen LogP contribution < -0.4 is 10.2 Å². The Kier molecular flexibility index (Phi) is 7.21. The first-order valence-corrected chi connectivity index (χ1v) is 12.1. The molecule has 0 spiro atoms. The molecule has 0 saturated heterocycles. The molecule has 0 unspecified atom stereocenters. The van der Waals surface area contributed by atoms with Crippen molar-refractivity contribution >= 4 is 50.1 Å². The maximum absolute atomic E-state index is 12.5. The summed E-state index contributed by atoms with van der Waals surface area (Å²) in [5, 5.41) is 3.86. The van der Waals surface area contributed by atoms with Crippen molar-refractivity contribution in [3.63, 3.8) is 0 Å². The molecule has 0 radical (unpaired) electrons. The van der Waals surface area contributed by atoms with Crippen molar-refractivity contribution in [2.45, 2.75) is 24.7 Å². The molecule has 1 N–H and O–H groups in total. The summed E-state index contributed by atoms with van der Waals surface area (Å²) in [6.07, 6.45) is 1.51. The number of sulfonamides is 1. The minimum absolute atomic E-state index is 0.0946. The molecule has 2 aromatic carbocycles. The van der Waals surface area contributed by atoms with Crippen molar-refractivity contribution in [1.29, 1.82) is 0 Å². The first-order valence-electron chi connectivity index (χ1n) is 9.26. The van der Waals surface area contributed by atoms with Crippen LogP contribution in [0.1, 0.15) is 18.9 Å². The number of halogens is 1. The fourth-order valence-corrected chi connectivity index (χ4v) is 5.36. The summed E-state index contributed by atoms with van der Waals surface area (Å²) in [7, 11) is -3.76. The molecule has 6 nitrogen and oxygen atoms in total. The van der Waals surface area contributed by atoms with Crippen LogP contribution in [0, 0.1) is 0 Å². The van der Waals surface area contributed by atoms with E-state index in [2.05, 4.69) is 9.71 Å². The number of carbonyl (C=O) groups is 1. The topological polar surface area (TPSA) is 78.8 Å². The van der Waals surface area contributed by atoms with Crippen LogP contribution in [0.5, 0.6) is 0 Å². The first kappa shape index (κ1) is 21.7. The molecule has 154 valence electrons. The van der Waals surface area contributed by atoms with E-state index in [0.29, 0.717) is 35.4 Å². The number of hydrogen-bond donors (Lipinski definition) is 1. The molecular formula is C20H22ClN3O3S2. The van der Waals surface area contributed by atoms with Crippen LogP contribution in [0.25, 0.3) is 0 Å². The first-order chi connectivity index (χ1) is 13.9. The zero-order valence-electron chi connectivity index (χ0n) is 16.0. The quantitative estimate of drug-likeness (QED) is 0.694. The van der Waals surface area contributed by atoms with E-state index < -0.39 is 10.0 Å². The molecule has 0 fully saturated rings. The van der Waals surface area contributed by atoms with Crippen LogP contribution in [0.3, 0.4) is 0 Å². The van der Waals surface area contributed by atoms with Gasteiger partial charge in [0.1, 0.15) is 4.90 Å². The summed E-state index contributed by atoms with van der Waals surface area (Å²) in [6.45, 7) is 3.13. The number of amidine groups is 1. The van der Waals surface area contributed by atoms with Gasteiger partial charge in [0.05, 0.1) is 11.4 Å². The number of anilines is 1. The highest BCUT2D eigenvalue weighted by molar-refractivity contribution is 8.15. The number of nitrogens with one attached hydrogen (secondary N) is 1. The molecule has 9 heteroatoms. The predicted octanol–water partition coefficient (Wildman–Crippen LogP) is 3.71. The van der Waals surface area contributed by atoms with Crippen molar-refractivity contribution in [3.8, 4) is 0 Å². The second kappa shape index (κ2) is 9.65. The fourth-order valence-electron chi connectivity index (χ4n) is 2.93. The third-order valence-corrected chi connectivity index (χ3v) is 6.95. The van der Waals surface area contributed by atoms with Crippen LogP contribution in [0.4, 0.5) is 5.69 Å². The monoisotopic (exact) mass is 451 g/mol. The molecule has 1 aliphatic heterocycles. The van der Waals surface area contributed by atoms with Crippen molar-refractivity contribution in [1.82, 2.24) is 5.32 Å². The van der Waals surface area contributed by atoms with Gasteiger partial charge >= 0.3 is 0 Å². The van der Waals surface area contributed by atoms with Crippen molar-refractivity contribution in [3.05, 3.63) is 59.1 Å². The van der Waals surface area contributed by atoms with Crippen LogP contribution in [0.15, 0.2) is 57.8 Å². The highest BCUT2D eigenvalue weighted by atomic mass is 35.5. The SMILES string of the molecule is CCCN1C(SCC(=O)NCCc2ccc(Cl)cc2)=NS(=O)(=O)c2ccccc21. The molecule has 29 heavy (non-hydrogen) atoms. The molecule has 1 aliphatic rings. The summed E-state index contributed by atoms with van der Waals surface area (Å²) in [6, 6.07) is 14.3. The number of benzene rings is 2. The average molecular weight is 452 g/mol. The Bertz CT molecular complexity index is 1010. The Morgan fingerprint density at radius 3 is 2.62 bits per heavy atom. The number of fused-ring (bicyclic) bond motifs is 1. The van der Waals surface area contributed by atoms with E-state index in [0.717, 1.165) is 23.7 Å². The second-order valence-electron chi connectivity index (χ2n) is 6.48. The zero-order valence-corrected chi connectivity index (χ0v) is 18.4. The Labute approximate surface area is 180 Å². The third kappa shape index (κ3) is 5.52. The lowest BCUT2D eigenvalue weighted by Crippen LogP contribution is -2.36. The maximum atomic E-state index is 12.5. The molecule has 0 atom stereocenters. The zero-order chi connectivity index (χ0) is 20.9. The molecule has 1 amide bonds. The molecular weight excluding hydrogens is 430 g/mol. The van der Waals surface area contributed by atoms with Gasteiger partial charge in [0.25, 0.3) is 10.0 Å². The fraction of sp³-hybridized carbons (Fsp3) is 0.300. The molecule has 0 bridgehead atoms. The molecule has 0 saturated carbocycles. The summed E-state index contributed by atoms with van der Waals surface area (Å²) < 4.78 is 28.9. The van der Waals surface area contributed by atoms with E-state index in [9.17, 15) is 13.2 Å². The van der Waals surface area contributed by atoms with Crippen molar-refractivity contribution in [2.24, 2.45) is 4.40 Å². The standard InChI is InChI=1S/C20H22ClN3O3S2/c1-2-13-24-17-5-3-4-6-18(17)29(26,27)23-20(24)28-14-19(25)22-12-11-15-7-9-16(21)10-8-15/h3-10H,2,11-14H2,1H3,(H,22,25). The average Bonchev–Trinajstić information content (AvgIpc) is 2.70. The van der Waals surface area contributed by atoms with Crippen LogP contribution in [0.2, 0.25) is 5.02 Å². The Morgan fingerprint density at radius 2 is 1.90 bits per heavy atom. The second-order valence-corrected chi connectivity index (χ2v) is 9.43. The molecule has 0 aliphatic carbocycles. The van der Waals surface area contributed by atoms with Crippen molar-refractivity contribution in [2.75, 3.05) is 23.7 Å². The van der Waals surface area contributed by atoms with Crippen molar-refractivity contribution < 1.29 is 13.2 Å². The van der Waals surface area contributed by atoms with Crippen LogP contribution >= 0.6 is 23.4 Å². The van der Waals surface area contributed by atoms with E-state index in [4.69, 9.17) is 11.6 Å². The number of nitrogens with zero attached hydrogens (tertiary/aromatic N) is 2. The minimum Gasteiger partial charge on any atom is -0.355 e. The summed E-state index contributed by atoms with van der Waals surface area (Å²) in [5.41, 5.74) is 1.69. The summed E-state index contributed by atoms with van der Waals surface area (Å²) in [4.78, 5) is 14.3. The van der Waals surface area contributed by atoms with Gasteiger partial charge in [-0.2, -0.15) is 8.42 Å². The third-order valence-electron chi connectivity index (χ3n) is 4.29. The van der Waals surface area contributed by atoms with Crippen LogP contribution in [-0.4, -0.2) is 38.3 Å². The van der Waals surface area contributed by atoms with E-state index in [1.807, 2.05) is 36.1 Å². The minimum atomic E-state index is -3.76.